The van der Waals surface area contributed by atoms with Crippen molar-refractivity contribution in [3.05, 3.63) is 41.5 Å². The molecule has 0 aromatic heterocycles. The van der Waals surface area contributed by atoms with Crippen LogP contribution in [0.5, 0.6) is 0 Å². The highest BCUT2D eigenvalue weighted by atomic mass is 32.1. The largest absolute Gasteiger partial charge is 0.383 e. The van der Waals surface area contributed by atoms with Gasteiger partial charge in [-0.2, -0.15) is 0 Å². The highest BCUT2D eigenvalue weighted by Gasteiger charge is 1.86. The van der Waals surface area contributed by atoms with Crippen LogP contribution in [0.2, 0.25) is 0 Å². The van der Waals surface area contributed by atoms with Gasteiger partial charge in [0, 0.05) is 0 Å². The second kappa shape index (κ2) is 4.72. The molecular formula is C10H12N2S. The summed E-state index contributed by atoms with van der Waals surface area (Å²) in [5, 5.41) is 0. The number of hydrogen-bond acceptors (Lipinski definition) is 2. The minimum Gasteiger partial charge on any atom is -0.383 e. The Morgan fingerprint density at radius 3 is 2.54 bits per heavy atom. The summed E-state index contributed by atoms with van der Waals surface area (Å²) in [4.78, 5) is 0. The molecule has 0 saturated carbocycles. The molecule has 0 aliphatic heterocycles. The van der Waals surface area contributed by atoms with Crippen molar-refractivity contribution in [1.82, 2.24) is 0 Å². The summed E-state index contributed by atoms with van der Waals surface area (Å²) in [6.07, 6.45) is 3.62. The van der Waals surface area contributed by atoms with Gasteiger partial charge in [-0.3, -0.25) is 0 Å². The molecule has 0 bridgehead atoms. The molecule has 1 rings (SSSR count). The van der Waals surface area contributed by atoms with Crippen molar-refractivity contribution in [1.29, 1.82) is 0 Å². The Bertz CT molecular complexity index is 325. The van der Waals surface area contributed by atoms with Crippen LogP contribution in [0.1, 0.15) is 11.1 Å². The third kappa shape index (κ3) is 3.34. The lowest BCUT2D eigenvalue weighted by Crippen LogP contribution is -2.05. The Morgan fingerprint density at radius 1 is 1.38 bits per heavy atom. The average molecular weight is 192 g/mol. The number of amidine groups is 1. The molecule has 3 heteroatoms. The molecule has 0 aliphatic carbocycles. The summed E-state index contributed by atoms with van der Waals surface area (Å²) >= 11 is 3.69. The second-order valence-corrected chi connectivity index (χ2v) is 2.97. The zero-order valence-corrected chi connectivity index (χ0v) is 8.33. The summed E-state index contributed by atoms with van der Waals surface area (Å²) in [6, 6.07) is 8.15. The van der Waals surface area contributed by atoms with E-state index in [0.717, 1.165) is 5.56 Å². The Morgan fingerprint density at radius 2 is 2.00 bits per heavy atom. The quantitative estimate of drug-likeness (QED) is 0.421. The molecule has 1 aromatic rings. The predicted octanol–water partition coefficient (Wildman–Crippen LogP) is 2.21. The van der Waals surface area contributed by atoms with E-state index in [0.29, 0.717) is 5.84 Å². The van der Waals surface area contributed by atoms with E-state index in [1.54, 1.807) is 6.08 Å². The van der Waals surface area contributed by atoms with Crippen LogP contribution >= 0.6 is 12.8 Å². The predicted molar refractivity (Wildman–Crippen MR) is 60.8 cm³/mol. The number of benzene rings is 1. The molecule has 2 N–H and O–H groups in total. The summed E-state index contributed by atoms with van der Waals surface area (Å²) in [7, 11) is 0. The zero-order chi connectivity index (χ0) is 9.68. The third-order valence-electron chi connectivity index (χ3n) is 1.64. The smallest absolute Gasteiger partial charge is 0.131 e. The van der Waals surface area contributed by atoms with Gasteiger partial charge in [0.15, 0.2) is 0 Å². The van der Waals surface area contributed by atoms with Crippen molar-refractivity contribution >= 4 is 24.7 Å². The van der Waals surface area contributed by atoms with Gasteiger partial charge in [-0.05, 0) is 31.4 Å². The fourth-order valence-electron chi connectivity index (χ4n) is 0.893. The lowest BCUT2D eigenvalue weighted by molar-refractivity contribution is 1.46. The lowest BCUT2D eigenvalue weighted by Gasteiger charge is -1.94. The van der Waals surface area contributed by atoms with E-state index in [-0.39, 0.29) is 0 Å². The molecule has 68 valence electrons. The number of aryl methyl sites for hydroxylation is 1. The van der Waals surface area contributed by atoms with E-state index >= 15 is 0 Å². The first-order chi connectivity index (χ1) is 6.22. The first-order valence-electron chi connectivity index (χ1n) is 3.94. The molecular weight excluding hydrogens is 180 g/mol. The van der Waals surface area contributed by atoms with Crippen molar-refractivity contribution in [2.75, 3.05) is 0 Å². The SMILES string of the molecule is Cc1ccc(C=CC(N)=NS)cc1. The molecule has 0 aliphatic rings. The van der Waals surface area contributed by atoms with Gasteiger partial charge >= 0.3 is 0 Å². The molecule has 2 nitrogen and oxygen atoms in total. The van der Waals surface area contributed by atoms with Gasteiger partial charge in [-0.1, -0.05) is 35.9 Å². The molecule has 0 spiro atoms. The van der Waals surface area contributed by atoms with Crippen molar-refractivity contribution in [2.45, 2.75) is 6.92 Å². The summed E-state index contributed by atoms with van der Waals surface area (Å²) in [6.45, 7) is 2.05. The summed E-state index contributed by atoms with van der Waals surface area (Å²) in [5.41, 5.74) is 7.78. The third-order valence-corrected chi connectivity index (χ3v) is 1.87. The average Bonchev–Trinajstić information content (AvgIpc) is 2.16. The Hall–Kier alpha value is -1.22. The summed E-state index contributed by atoms with van der Waals surface area (Å²) < 4.78 is 3.52. The zero-order valence-electron chi connectivity index (χ0n) is 7.44. The highest BCUT2D eigenvalue weighted by Crippen LogP contribution is 2.04. The molecule has 0 heterocycles. The highest BCUT2D eigenvalue weighted by molar-refractivity contribution is 7.79. The van der Waals surface area contributed by atoms with Crippen LogP contribution in [0.3, 0.4) is 0 Å². The minimum atomic E-state index is 0.406. The molecule has 0 radical (unpaired) electrons. The molecule has 13 heavy (non-hydrogen) atoms. The number of rotatable bonds is 2. The Labute approximate surface area is 83.7 Å². The first-order valence-corrected chi connectivity index (χ1v) is 4.34. The molecule has 0 fully saturated rings. The molecule has 0 amide bonds. The minimum absolute atomic E-state index is 0.406. The van der Waals surface area contributed by atoms with Gasteiger partial charge in [-0.25, -0.2) is 4.40 Å². The lowest BCUT2D eigenvalue weighted by atomic mass is 10.1. The molecule has 0 atom stereocenters. The standard InChI is InChI=1S/C10H12N2S/c1-8-2-4-9(5-3-8)6-7-10(11)12-13/h2-7,13H,1H3,(H2,11,12). The van der Waals surface area contributed by atoms with Gasteiger partial charge in [0.25, 0.3) is 0 Å². The maximum atomic E-state index is 5.44. The van der Waals surface area contributed by atoms with Gasteiger partial charge in [0.1, 0.15) is 5.84 Å². The number of thiol groups is 1. The maximum Gasteiger partial charge on any atom is 0.131 e. The van der Waals surface area contributed by atoms with Crippen molar-refractivity contribution in [3.8, 4) is 0 Å². The van der Waals surface area contributed by atoms with E-state index in [2.05, 4.69) is 24.1 Å². The number of nitrogens with two attached hydrogens (primary N) is 1. The normalized spacial score (nSPS) is 12.3. The molecule has 0 saturated heterocycles. The summed E-state index contributed by atoms with van der Waals surface area (Å²) in [5.74, 6) is 0.406. The van der Waals surface area contributed by atoms with Gasteiger partial charge in [-0.15, -0.1) is 0 Å². The topological polar surface area (TPSA) is 38.4 Å². The number of nitrogens with zero attached hydrogens (tertiary/aromatic N) is 1. The van der Waals surface area contributed by atoms with Crippen LogP contribution in [-0.2, 0) is 0 Å². The van der Waals surface area contributed by atoms with Crippen LogP contribution in [0, 0.1) is 6.92 Å². The van der Waals surface area contributed by atoms with Crippen LogP contribution in [-0.4, -0.2) is 5.84 Å². The van der Waals surface area contributed by atoms with E-state index in [1.807, 2.05) is 30.3 Å². The first kappa shape index (κ1) is 9.86. The molecule has 1 aromatic carbocycles. The van der Waals surface area contributed by atoms with E-state index in [4.69, 9.17) is 5.73 Å². The van der Waals surface area contributed by atoms with Gasteiger partial charge in [0.2, 0.25) is 0 Å². The second-order valence-electron chi connectivity index (χ2n) is 2.77. The van der Waals surface area contributed by atoms with Gasteiger partial charge in [0.05, 0.1) is 0 Å². The fraction of sp³-hybridized carbons (Fsp3) is 0.100. The van der Waals surface area contributed by atoms with Crippen molar-refractivity contribution < 1.29 is 0 Å². The van der Waals surface area contributed by atoms with Crippen molar-refractivity contribution in [3.63, 3.8) is 0 Å². The maximum absolute atomic E-state index is 5.44. The Balaban J connectivity index is 2.75. The van der Waals surface area contributed by atoms with Gasteiger partial charge < -0.3 is 5.73 Å². The van der Waals surface area contributed by atoms with Crippen molar-refractivity contribution in [2.24, 2.45) is 10.1 Å². The van der Waals surface area contributed by atoms with E-state index < -0.39 is 0 Å². The van der Waals surface area contributed by atoms with E-state index in [1.165, 1.54) is 5.56 Å². The Kier molecular flexibility index (Phi) is 3.58. The number of hydrogen-bond donors (Lipinski definition) is 2. The van der Waals surface area contributed by atoms with Crippen LogP contribution in [0.15, 0.2) is 34.7 Å². The molecule has 0 unspecified atom stereocenters. The van der Waals surface area contributed by atoms with Crippen LogP contribution < -0.4 is 5.73 Å². The fourth-order valence-corrected chi connectivity index (χ4v) is 0.959. The van der Waals surface area contributed by atoms with E-state index in [9.17, 15) is 0 Å². The monoisotopic (exact) mass is 192 g/mol. The van der Waals surface area contributed by atoms with Crippen LogP contribution in [0.4, 0.5) is 0 Å². The van der Waals surface area contributed by atoms with Crippen LogP contribution in [0.25, 0.3) is 6.08 Å².